The first-order chi connectivity index (χ1) is 52.5. The molecule has 112 heavy (non-hydrogen) atoms. The number of hydrogen-bond donors (Lipinski definition) is 20. The zero-order chi connectivity index (χ0) is 84.1. The smallest absolute Gasteiger partial charge is 0.326 e. The number of carbonyl (C=O) groups is 16. The van der Waals surface area contributed by atoms with E-state index >= 15 is 0 Å². The lowest BCUT2D eigenvalue weighted by molar-refractivity contribution is -0.150. The summed E-state index contributed by atoms with van der Waals surface area (Å²) in [7, 11) is 0. The number of hydrogen-bond acceptors (Lipinski definition) is 21. The van der Waals surface area contributed by atoms with Crippen molar-refractivity contribution >= 4 is 101 Å². The number of phenols is 1. The molecule has 0 aliphatic carbocycles. The summed E-state index contributed by atoms with van der Waals surface area (Å²) in [6, 6.07) is -14.6. The number of aliphatic carboxylic acids is 2. The molecule has 0 aromatic heterocycles. The van der Waals surface area contributed by atoms with Gasteiger partial charge in [0.05, 0.1) is 31.6 Å². The van der Waals surface area contributed by atoms with E-state index in [4.69, 9.17) is 17.2 Å². The minimum Gasteiger partial charge on any atom is -0.508 e. The lowest BCUT2D eigenvalue weighted by atomic mass is 9.98. The van der Waals surface area contributed by atoms with E-state index in [2.05, 4.69) is 68.8 Å². The molecule has 39 nitrogen and oxygen atoms in total. The number of aliphatic hydroxyl groups is 2. The van der Waals surface area contributed by atoms with Gasteiger partial charge in [-0.15, -0.1) is 0 Å². The molecule has 3 fully saturated rings. The number of primary amides is 1. The number of carboxylic acid groups (broad SMARTS) is 2. The van der Waals surface area contributed by atoms with Crippen LogP contribution in [0.15, 0.2) is 29.3 Å². The Balaban J connectivity index is 1.49. The topological polar surface area (TPSA) is 616 Å². The van der Waals surface area contributed by atoms with E-state index in [9.17, 15) is 102 Å². The molecule has 3 saturated heterocycles. The van der Waals surface area contributed by atoms with Gasteiger partial charge in [0, 0.05) is 26.1 Å². The molecule has 0 bridgehead atoms. The van der Waals surface area contributed by atoms with Crippen LogP contribution in [0, 0.1) is 29.6 Å². The Morgan fingerprint density at radius 2 is 0.938 bits per heavy atom. The number of amides is 14. The molecule has 3 aliphatic rings. The van der Waals surface area contributed by atoms with Crippen LogP contribution in [0.3, 0.4) is 0 Å². The average molecular weight is 1580 g/mol. The van der Waals surface area contributed by atoms with Crippen molar-refractivity contribution in [2.75, 3.05) is 32.8 Å². The van der Waals surface area contributed by atoms with Gasteiger partial charge >= 0.3 is 11.9 Å². The van der Waals surface area contributed by atoms with Crippen molar-refractivity contribution in [3.05, 3.63) is 29.8 Å². The Morgan fingerprint density at radius 1 is 0.491 bits per heavy atom. The van der Waals surface area contributed by atoms with Crippen LogP contribution in [0.4, 0.5) is 0 Å². The SMILES string of the molecule is CC(C)C[C@H](NC(=O)[C@H](CO)NC(=O)[C@H](CC(N)=O)NC(=O)[C@@H](NC(=O)[C@@H](NC(=O)[C@@H]1CCCN1)C(C)C)C(C)C)C(=O)N[C@@H](CC(=O)O)C(=O)N1CCC[C@H]1C(=O)N1CCC[C@H]1C(=O)N[C@@H](CC(C)C)C(=O)N[C@@H](CC(C)C)C(=O)N[C@H](C(=O)N[C@@H](CCCN=C(N)N)C(=O)N[C@@H](Cc1ccc(O)cc1)C(=O)O)[C@@H](C)O. The van der Waals surface area contributed by atoms with Crippen molar-refractivity contribution < 1.29 is 102 Å². The summed E-state index contributed by atoms with van der Waals surface area (Å²) in [6.45, 7) is 17.4. The largest absolute Gasteiger partial charge is 0.508 e. The van der Waals surface area contributed by atoms with E-state index in [0.717, 1.165) is 11.3 Å². The summed E-state index contributed by atoms with van der Waals surface area (Å²) in [5, 5.41) is 81.9. The third-order valence-corrected chi connectivity index (χ3v) is 19.0. The molecular formula is C73H118N18O21. The van der Waals surface area contributed by atoms with Crippen molar-refractivity contribution in [1.82, 2.24) is 73.6 Å². The fourth-order valence-electron chi connectivity index (χ4n) is 13.2. The monoisotopic (exact) mass is 1580 g/mol. The number of rotatable bonds is 45. The van der Waals surface area contributed by atoms with Crippen LogP contribution in [0.2, 0.25) is 0 Å². The minimum atomic E-state index is -1.89. The first-order valence-electron chi connectivity index (χ1n) is 38.1. The van der Waals surface area contributed by atoms with Gasteiger partial charge in [0.25, 0.3) is 0 Å². The number of benzene rings is 1. The maximum Gasteiger partial charge on any atom is 0.326 e. The molecule has 0 radical (unpaired) electrons. The van der Waals surface area contributed by atoms with Crippen molar-refractivity contribution in [2.45, 2.75) is 257 Å². The number of aliphatic hydroxyl groups excluding tert-OH is 2. The number of carboxylic acids is 2. The number of aliphatic imine (C=N–C) groups is 1. The number of nitrogens with one attached hydrogen (secondary N) is 12. The van der Waals surface area contributed by atoms with E-state index in [0.29, 0.717) is 18.5 Å². The third kappa shape index (κ3) is 30.1. The number of nitrogens with two attached hydrogens (primary N) is 3. The molecule has 15 atom stereocenters. The fraction of sp³-hybridized carbons (Fsp3) is 0.685. The normalized spacial score (nSPS) is 18.7. The van der Waals surface area contributed by atoms with Gasteiger partial charge in [0.2, 0.25) is 82.7 Å². The number of phenolic OH excluding ortho intramolecular Hbond substituents is 1. The van der Waals surface area contributed by atoms with Crippen LogP contribution < -0.4 is 81.0 Å². The van der Waals surface area contributed by atoms with Crippen molar-refractivity contribution in [3.8, 4) is 5.75 Å². The Morgan fingerprint density at radius 3 is 1.44 bits per heavy atom. The second-order valence-corrected chi connectivity index (χ2v) is 30.7. The summed E-state index contributed by atoms with van der Waals surface area (Å²) in [5.74, 6) is -18.4. The highest BCUT2D eigenvalue weighted by atomic mass is 16.4. The molecule has 0 saturated carbocycles. The number of carbonyl (C=O) groups excluding carboxylic acids is 14. The molecule has 0 spiro atoms. The molecule has 3 heterocycles. The van der Waals surface area contributed by atoms with E-state index in [-0.39, 0.29) is 107 Å². The number of aromatic hydroxyl groups is 1. The van der Waals surface area contributed by atoms with Crippen LogP contribution in [-0.2, 0) is 83.1 Å². The van der Waals surface area contributed by atoms with E-state index in [1.54, 1.807) is 69.2 Å². The zero-order valence-corrected chi connectivity index (χ0v) is 65.6. The van der Waals surface area contributed by atoms with Crippen molar-refractivity contribution in [2.24, 2.45) is 51.8 Å². The zero-order valence-electron chi connectivity index (χ0n) is 65.6. The Kier molecular flexibility index (Phi) is 38.0. The maximum atomic E-state index is 14.8. The van der Waals surface area contributed by atoms with Gasteiger partial charge in [0.15, 0.2) is 5.96 Å². The van der Waals surface area contributed by atoms with Gasteiger partial charge in [-0.25, -0.2) is 4.79 Å². The van der Waals surface area contributed by atoms with Crippen LogP contribution >= 0.6 is 0 Å². The molecule has 0 unspecified atom stereocenters. The average Bonchev–Trinajstić information content (AvgIpc) is 1.63. The highest BCUT2D eigenvalue weighted by Crippen LogP contribution is 2.27. The molecule has 39 heteroatoms. The standard InChI is InChI=1S/C73H118N18O21/c1-35(2)28-45(81-65(104)51(34-92)86-63(102)48(32-54(74)95)83-67(106)56(38(7)8)88-68(107)57(39(9)10)87-59(98)43-16-12-24-77-43)62(101)84-49(33-55(96)97)70(109)91-27-15-19-53(91)71(110)90-26-14-18-52(90)66(105)82-46(29-36(3)4)61(100)80-47(30-37(5)6)64(103)89-58(40(11)93)69(108)79-44(17-13-25-78-73(75)76)60(99)85-50(72(111)112)31-41-20-22-42(94)23-21-41/h20-23,35-40,43-53,56-58,77,92-94H,12-19,24-34H2,1-11H3,(H2,74,95)(H,79,108)(H,80,100)(H,81,104)(H,82,105)(H,83,106)(H,84,101)(H,85,99)(H,86,102)(H,87,98)(H,88,107)(H,89,103)(H,96,97)(H,111,112)(H4,75,76,78)/t40-,43+,44+,45+,46+,47+,48+,49+,50+,51+,52+,53+,56+,57+,58+/m1/s1. The van der Waals surface area contributed by atoms with Crippen LogP contribution in [0.5, 0.6) is 5.75 Å². The summed E-state index contributed by atoms with van der Waals surface area (Å²) in [5.41, 5.74) is 16.9. The van der Waals surface area contributed by atoms with Gasteiger partial charge < -0.3 is 116 Å². The lowest BCUT2D eigenvalue weighted by Crippen LogP contribution is -2.62. The summed E-state index contributed by atoms with van der Waals surface area (Å²) in [4.78, 5) is 227. The predicted molar refractivity (Wildman–Crippen MR) is 404 cm³/mol. The molecule has 14 amide bonds. The highest BCUT2D eigenvalue weighted by Gasteiger charge is 2.46. The quantitative estimate of drug-likeness (QED) is 0.0166. The number of nitrogens with zero attached hydrogens (tertiary/aromatic N) is 3. The van der Waals surface area contributed by atoms with E-state index in [1.165, 1.54) is 36.1 Å². The minimum absolute atomic E-state index is 0.00112. The fourth-order valence-corrected chi connectivity index (χ4v) is 13.2. The van der Waals surface area contributed by atoms with Crippen LogP contribution in [-0.4, -0.2) is 259 Å². The Hall–Kier alpha value is -10.3. The predicted octanol–water partition coefficient (Wildman–Crippen LogP) is -4.69. The van der Waals surface area contributed by atoms with Crippen molar-refractivity contribution in [3.63, 3.8) is 0 Å². The Bertz CT molecular complexity index is 3490. The highest BCUT2D eigenvalue weighted by molar-refractivity contribution is 6.01. The van der Waals surface area contributed by atoms with E-state index in [1.807, 2.05) is 0 Å². The van der Waals surface area contributed by atoms with E-state index < -0.39 is 223 Å². The molecular weight excluding hydrogens is 1460 g/mol. The summed E-state index contributed by atoms with van der Waals surface area (Å²) >= 11 is 0. The number of guanidine groups is 1. The van der Waals surface area contributed by atoms with Gasteiger partial charge in [-0.3, -0.25) is 76.9 Å². The lowest BCUT2D eigenvalue weighted by Gasteiger charge is -2.33. The van der Waals surface area contributed by atoms with Crippen LogP contribution in [0.1, 0.15) is 165 Å². The summed E-state index contributed by atoms with van der Waals surface area (Å²) in [6.07, 6.45) is -2.14. The third-order valence-electron chi connectivity index (χ3n) is 19.0. The molecule has 3 aliphatic heterocycles. The molecule has 1 aromatic rings. The molecule has 4 rings (SSSR count). The molecule has 626 valence electrons. The number of likely N-dealkylation sites (tertiary alicyclic amines) is 2. The van der Waals surface area contributed by atoms with Crippen molar-refractivity contribution in [1.29, 1.82) is 0 Å². The first-order valence-corrected chi connectivity index (χ1v) is 38.1. The molecule has 23 N–H and O–H groups in total. The van der Waals surface area contributed by atoms with Gasteiger partial charge in [0.1, 0.15) is 84.3 Å². The maximum absolute atomic E-state index is 14.8. The second-order valence-electron chi connectivity index (χ2n) is 30.7. The Labute approximate surface area is 650 Å². The van der Waals surface area contributed by atoms with Crippen LogP contribution in [0.25, 0.3) is 0 Å². The van der Waals surface area contributed by atoms with Gasteiger partial charge in [-0.05, 0) is 131 Å². The first kappa shape index (κ1) is 94.1. The summed E-state index contributed by atoms with van der Waals surface area (Å²) < 4.78 is 0. The second kappa shape index (κ2) is 45.3. The molecule has 1 aromatic carbocycles. The van der Waals surface area contributed by atoms with Gasteiger partial charge in [-0.1, -0.05) is 81.4 Å². The van der Waals surface area contributed by atoms with Gasteiger partial charge in [-0.2, -0.15) is 0 Å².